The van der Waals surface area contributed by atoms with E-state index in [1.165, 1.54) is 16.9 Å². The van der Waals surface area contributed by atoms with Crippen molar-refractivity contribution in [2.24, 2.45) is 0 Å². The molecule has 7 nitrogen and oxygen atoms in total. The second kappa shape index (κ2) is 9.17. The molecule has 5 rings (SSSR count). The van der Waals surface area contributed by atoms with Crippen LogP contribution in [-0.2, 0) is 0 Å². The van der Waals surface area contributed by atoms with Crippen LogP contribution in [0.5, 0.6) is 0 Å². The predicted molar refractivity (Wildman–Crippen MR) is 131 cm³/mol. The van der Waals surface area contributed by atoms with Gasteiger partial charge in [-0.3, -0.25) is 9.69 Å². The summed E-state index contributed by atoms with van der Waals surface area (Å²) in [4.78, 5) is 28.5. The van der Waals surface area contributed by atoms with Gasteiger partial charge in [0.2, 0.25) is 11.7 Å². The second-order valence-corrected chi connectivity index (χ2v) is 10.2. The van der Waals surface area contributed by atoms with Crippen LogP contribution in [0.3, 0.4) is 0 Å². The van der Waals surface area contributed by atoms with Crippen LogP contribution in [0.2, 0.25) is 0 Å². The third kappa shape index (κ3) is 4.48. The Kier molecular flexibility index (Phi) is 6.09. The topological polar surface area (TPSA) is 75.4 Å². The van der Waals surface area contributed by atoms with E-state index in [2.05, 4.69) is 33.9 Å². The molecule has 1 aromatic carbocycles. The van der Waals surface area contributed by atoms with Gasteiger partial charge in [-0.1, -0.05) is 41.1 Å². The Bertz CT molecular complexity index is 1240. The Morgan fingerprint density at radius 1 is 1.06 bits per heavy atom. The summed E-state index contributed by atoms with van der Waals surface area (Å²) in [7, 11) is 0. The van der Waals surface area contributed by atoms with Gasteiger partial charge in [-0.15, -0.1) is 22.7 Å². The second-order valence-electron chi connectivity index (χ2n) is 8.24. The molecule has 1 fully saturated rings. The molecule has 33 heavy (non-hydrogen) atoms. The summed E-state index contributed by atoms with van der Waals surface area (Å²) < 4.78 is 5.57. The first-order chi connectivity index (χ1) is 16.0. The molecule has 1 saturated heterocycles. The van der Waals surface area contributed by atoms with Gasteiger partial charge in [0.15, 0.2) is 0 Å². The lowest BCUT2D eigenvalue weighted by atomic mass is 10.1. The van der Waals surface area contributed by atoms with Crippen molar-refractivity contribution in [1.82, 2.24) is 24.9 Å². The molecule has 0 saturated carbocycles. The zero-order valence-electron chi connectivity index (χ0n) is 18.8. The largest absolute Gasteiger partial charge is 0.337 e. The standard InChI is InChI=1S/C24H25N5O2S2/c1-15-6-8-18(9-7-15)21-26-22(31-27-21)17(3)28-10-12-29(13-11-28)24(30)20-16(2)25-23(33-20)19-5-4-14-32-19/h4-9,14,17H,10-13H2,1-3H3. The van der Waals surface area contributed by atoms with Gasteiger partial charge in [-0.2, -0.15) is 4.98 Å². The number of piperazine rings is 1. The lowest BCUT2D eigenvalue weighted by Crippen LogP contribution is -2.49. The van der Waals surface area contributed by atoms with Crippen LogP contribution in [0.1, 0.15) is 39.8 Å². The lowest BCUT2D eigenvalue weighted by Gasteiger charge is -2.36. The molecular formula is C24H25N5O2S2. The molecule has 170 valence electrons. The van der Waals surface area contributed by atoms with Crippen LogP contribution in [0.15, 0.2) is 46.3 Å². The van der Waals surface area contributed by atoms with Crippen molar-refractivity contribution in [3.8, 4) is 21.3 Å². The molecule has 4 heterocycles. The molecule has 0 bridgehead atoms. The van der Waals surface area contributed by atoms with Gasteiger partial charge in [0.05, 0.1) is 16.6 Å². The van der Waals surface area contributed by atoms with Gasteiger partial charge in [-0.25, -0.2) is 4.98 Å². The van der Waals surface area contributed by atoms with E-state index in [0.717, 1.165) is 39.1 Å². The maximum atomic E-state index is 13.2. The van der Waals surface area contributed by atoms with Crippen LogP contribution in [-0.4, -0.2) is 57.0 Å². The van der Waals surface area contributed by atoms with Crippen molar-refractivity contribution in [2.75, 3.05) is 26.2 Å². The van der Waals surface area contributed by atoms with Crippen molar-refractivity contribution in [1.29, 1.82) is 0 Å². The minimum atomic E-state index is -0.00970. The molecule has 1 amide bonds. The van der Waals surface area contributed by atoms with Gasteiger partial charge < -0.3 is 9.42 Å². The number of hydrogen-bond donors (Lipinski definition) is 0. The first-order valence-corrected chi connectivity index (χ1v) is 12.6. The highest BCUT2D eigenvalue weighted by atomic mass is 32.1. The normalized spacial score (nSPS) is 15.7. The van der Waals surface area contributed by atoms with Gasteiger partial charge in [0.1, 0.15) is 9.88 Å². The Morgan fingerprint density at radius 2 is 1.82 bits per heavy atom. The number of hydrogen-bond acceptors (Lipinski definition) is 8. The van der Waals surface area contributed by atoms with E-state index in [-0.39, 0.29) is 11.9 Å². The Morgan fingerprint density at radius 3 is 2.52 bits per heavy atom. The third-order valence-electron chi connectivity index (χ3n) is 5.98. The summed E-state index contributed by atoms with van der Waals surface area (Å²) in [5.41, 5.74) is 2.94. The number of carbonyl (C=O) groups is 1. The smallest absolute Gasteiger partial charge is 0.265 e. The van der Waals surface area contributed by atoms with E-state index >= 15 is 0 Å². The number of rotatable bonds is 5. The van der Waals surface area contributed by atoms with Crippen LogP contribution in [0.25, 0.3) is 21.3 Å². The van der Waals surface area contributed by atoms with Gasteiger partial charge >= 0.3 is 0 Å². The molecular weight excluding hydrogens is 454 g/mol. The van der Waals surface area contributed by atoms with Crippen molar-refractivity contribution in [3.63, 3.8) is 0 Å². The van der Waals surface area contributed by atoms with Gasteiger partial charge in [0.25, 0.3) is 5.91 Å². The minimum Gasteiger partial charge on any atom is -0.337 e. The summed E-state index contributed by atoms with van der Waals surface area (Å²) >= 11 is 3.13. The van der Waals surface area contributed by atoms with Gasteiger partial charge in [0, 0.05) is 31.7 Å². The minimum absolute atomic E-state index is 0.00970. The average molecular weight is 480 g/mol. The third-order valence-corrected chi connectivity index (χ3v) is 8.17. The predicted octanol–water partition coefficient (Wildman–Crippen LogP) is 5.06. The number of thiazole rings is 1. The molecule has 0 spiro atoms. The summed E-state index contributed by atoms with van der Waals surface area (Å²) in [6, 6.07) is 12.1. The lowest BCUT2D eigenvalue weighted by molar-refractivity contribution is 0.0555. The molecule has 1 atom stereocenters. The Balaban J connectivity index is 1.22. The Labute approximate surface area is 200 Å². The van der Waals surface area contributed by atoms with E-state index in [0.29, 0.717) is 24.8 Å². The van der Waals surface area contributed by atoms with Crippen LogP contribution in [0.4, 0.5) is 0 Å². The fourth-order valence-corrected chi connectivity index (χ4v) is 5.77. The highest BCUT2D eigenvalue weighted by molar-refractivity contribution is 7.22. The number of carbonyl (C=O) groups excluding carboxylic acids is 1. The zero-order valence-corrected chi connectivity index (χ0v) is 20.4. The highest BCUT2D eigenvalue weighted by Crippen LogP contribution is 2.32. The SMILES string of the molecule is Cc1ccc(-c2noc(C(C)N3CCN(C(=O)c4sc(-c5cccs5)nc4C)CC3)n2)cc1. The number of nitrogens with zero attached hydrogens (tertiary/aromatic N) is 5. The fraction of sp³-hybridized carbons (Fsp3) is 0.333. The molecule has 4 aromatic rings. The van der Waals surface area contributed by atoms with Crippen LogP contribution in [0, 0.1) is 13.8 Å². The zero-order chi connectivity index (χ0) is 22.9. The van der Waals surface area contributed by atoms with E-state index in [9.17, 15) is 4.79 Å². The number of aromatic nitrogens is 3. The average Bonchev–Trinajstić information content (AvgIpc) is 3.60. The van der Waals surface area contributed by atoms with E-state index in [4.69, 9.17) is 4.52 Å². The molecule has 1 aliphatic heterocycles. The van der Waals surface area contributed by atoms with E-state index in [1.54, 1.807) is 11.3 Å². The van der Waals surface area contributed by atoms with Crippen LogP contribution < -0.4 is 0 Å². The van der Waals surface area contributed by atoms with Crippen molar-refractivity contribution >= 4 is 28.6 Å². The summed E-state index contributed by atoms with van der Waals surface area (Å²) in [5, 5.41) is 7.11. The molecule has 1 aliphatic rings. The highest BCUT2D eigenvalue weighted by Gasteiger charge is 2.30. The van der Waals surface area contributed by atoms with Gasteiger partial charge in [-0.05, 0) is 32.2 Å². The quantitative estimate of drug-likeness (QED) is 0.398. The molecule has 9 heteroatoms. The summed E-state index contributed by atoms with van der Waals surface area (Å²) in [6.45, 7) is 8.87. The molecule has 1 unspecified atom stereocenters. The van der Waals surface area contributed by atoms with Crippen molar-refractivity contribution in [2.45, 2.75) is 26.8 Å². The number of aryl methyl sites for hydroxylation is 2. The maximum Gasteiger partial charge on any atom is 0.265 e. The van der Waals surface area contributed by atoms with Crippen LogP contribution >= 0.6 is 22.7 Å². The number of thiophene rings is 1. The summed E-state index contributed by atoms with van der Waals surface area (Å²) in [6.07, 6.45) is 0. The molecule has 0 N–H and O–H groups in total. The van der Waals surface area contributed by atoms with E-state index in [1.807, 2.05) is 53.6 Å². The number of amides is 1. The summed E-state index contributed by atoms with van der Waals surface area (Å²) in [5.74, 6) is 1.27. The molecule has 3 aromatic heterocycles. The molecule has 0 radical (unpaired) electrons. The fourth-order valence-electron chi connectivity index (χ4n) is 3.94. The molecule has 0 aliphatic carbocycles. The first-order valence-electron chi connectivity index (χ1n) is 10.9. The number of benzene rings is 1. The first kappa shape index (κ1) is 21.9. The maximum absolute atomic E-state index is 13.2. The van der Waals surface area contributed by atoms with Crippen molar-refractivity contribution in [3.05, 3.63) is 63.8 Å². The monoisotopic (exact) mass is 479 g/mol. The van der Waals surface area contributed by atoms with E-state index < -0.39 is 0 Å². The van der Waals surface area contributed by atoms with Crippen molar-refractivity contribution < 1.29 is 9.32 Å². The Hall–Kier alpha value is -2.88.